The van der Waals surface area contributed by atoms with E-state index in [0.717, 1.165) is 32.1 Å². The lowest BCUT2D eigenvalue weighted by atomic mass is 9.83. The zero-order chi connectivity index (χ0) is 35.3. The monoisotopic (exact) mass is 701 g/mol. The third-order valence-corrected chi connectivity index (χ3v) is 9.44. The predicted octanol–water partition coefficient (Wildman–Crippen LogP) is 3.74. The number of ketones is 1. The fourth-order valence-electron chi connectivity index (χ4n) is 6.53. The van der Waals surface area contributed by atoms with Crippen LogP contribution < -0.4 is 21.7 Å². The number of carbonyl (C=O) groups excluding carboxylic acids is 6. The Hall–Kier alpha value is -2.60. The molecule has 1 heterocycles. The summed E-state index contributed by atoms with van der Waals surface area (Å²) in [7, 11) is 0. The van der Waals surface area contributed by atoms with E-state index in [1.54, 1.807) is 41.5 Å². The Labute approximate surface area is 288 Å². The van der Waals surface area contributed by atoms with Gasteiger partial charge in [-0.15, -0.1) is 23.2 Å². The summed E-state index contributed by atoms with van der Waals surface area (Å²) in [4.78, 5) is 80.0. The molecular weight excluding hydrogens is 649 g/mol. The van der Waals surface area contributed by atoms with Crippen LogP contribution in [0.4, 0.5) is 4.79 Å². The molecule has 2 aliphatic carbocycles. The van der Waals surface area contributed by atoms with Crippen LogP contribution in [-0.4, -0.2) is 81.6 Å². The Balaban J connectivity index is 1.87. The van der Waals surface area contributed by atoms with E-state index in [1.807, 2.05) is 0 Å². The number of esters is 1. The van der Waals surface area contributed by atoms with Crippen LogP contribution in [0, 0.1) is 23.2 Å². The first-order valence-electron chi connectivity index (χ1n) is 16.8. The number of carbonyl (C=O) groups is 6. The van der Waals surface area contributed by atoms with E-state index in [4.69, 9.17) is 33.7 Å². The lowest BCUT2D eigenvalue weighted by Crippen LogP contribution is -2.61. The highest BCUT2D eigenvalue weighted by Gasteiger charge is 2.46. The number of amides is 5. The van der Waals surface area contributed by atoms with Gasteiger partial charge in [0, 0.05) is 6.54 Å². The van der Waals surface area contributed by atoms with Crippen molar-refractivity contribution in [1.29, 1.82) is 0 Å². The first-order valence-corrected chi connectivity index (χ1v) is 17.7. The third kappa shape index (κ3) is 11.8. The molecule has 0 spiro atoms. The molecule has 266 valence electrons. The minimum atomic E-state index is -1.13. The van der Waals surface area contributed by atoms with Crippen molar-refractivity contribution < 1.29 is 33.5 Å². The van der Waals surface area contributed by atoms with Gasteiger partial charge in [-0.3, -0.25) is 19.2 Å². The summed E-state index contributed by atoms with van der Waals surface area (Å²) in [6.07, 6.45) is 6.80. The largest absolute Gasteiger partial charge is 0.458 e. The average molecular weight is 703 g/mol. The van der Waals surface area contributed by atoms with Crippen LogP contribution >= 0.6 is 23.2 Å². The van der Waals surface area contributed by atoms with Gasteiger partial charge in [-0.2, -0.15) is 0 Å². The second kappa shape index (κ2) is 16.2. The first kappa shape index (κ1) is 38.8. The Morgan fingerprint density at radius 3 is 1.98 bits per heavy atom. The number of urea groups is 1. The second-order valence-corrected chi connectivity index (χ2v) is 16.8. The molecule has 12 nitrogen and oxygen atoms in total. The van der Waals surface area contributed by atoms with Crippen LogP contribution in [0.2, 0.25) is 0 Å². The van der Waals surface area contributed by atoms with Gasteiger partial charge in [-0.05, 0) is 76.0 Å². The number of ether oxygens (including phenoxy) is 1. The third-order valence-electron chi connectivity index (χ3n) is 9.08. The van der Waals surface area contributed by atoms with Crippen LogP contribution in [0.3, 0.4) is 0 Å². The SMILES string of the molecule is CC(C)(C)OC(=O)[C@@H](NC(=O)N[C@H](C(=O)N1C[C@H](CC(Cl)Cl)C[C@H]1C(=O)NC(CC1CC1)C(=O)C(N)=O)C1CCCCC1)C(C)(C)C. The Morgan fingerprint density at radius 2 is 1.47 bits per heavy atom. The standard InChI is InChI=1S/C33H53Cl2N5O7/c1-32(2,3)26(30(45)47-33(4,5)6)39-31(46)38-24(20-10-8-7-9-11-20)29(44)40-17-19(16-23(34)35)15-22(40)28(43)37-21(14-18-12-13-18)25(41)27(36)42/h18-24,26H,7-17H2,1-6H3,(H2,36,42)(H,37,43)(H2,38,39,46)/t19-,21?,22-,24-,26+/m0/s1. The number of nitrogens with two attached hydrogens (primary N) is 1. The highest BCUT2D eigenvalue weighted by molar-refractivity contribution is 6.44. The molecule has 3 aliphatic rings. The van der Waals surface area contributed by atoms with Crippen LogP contribution in [0.5, 0.6) is 0 Å². The summed E-state index contributed by atoms with van der Waals surface area (Å²) in [5, 5.41) is 8.31. The van der Waals surface area contributed by atoms with Gasteiger partial charge in [0.15, 0.2) is 0 Å². The summed E-state index contributed by atoms with van der Waals surface area (Å²) < 4.78 is 5.58. The molecule has 3 fully saturated rings. The van der Waals surface area contributed by atoms with Crippen LogP contribution in [0.25, 0.3) is 0 Å². The van der Waals surface area contributed by atoms with Gasteiger partial charge in [-0.25, -0.2) is 9.59 Å². The molecule has 1 unspecified atom stereocenters. The van der Waals surface area contributed by atoms with E-state index in [-0.39, 0.29) is 30.7 Å². The number of likely N-dealkylation sites (tertiary alicyclic amines) is 1. The van der Waals surface area contributed by atoms with Gasteiger partial charge in [-0.1, -0.05) is 52.9 Å². The fourth-order valence-corrected chi connectivity index (χ4v) is 7.03. The van der Waals surface area contributed by atoms with Crippen molar-refractivity contribution in [3.8, 4) is 0 Å². The molecule has 5 atom stereocenters. The van der Waals surface area contributed by atoms with Crippen LogP contribution in [0.1, 0.15) is 106 Å². The number of rotatable bonds is 13. The van der Waals surface area contributed by atoms with E-state index >= 15 is 0 Å². The van der Waals surface area contributed by atoms with Gasteiger partial charge in [0.2, 0.25) is 17.6 Å². The van der Waals surface area contributed by atoms with Crippen LogP contribution in [-0.2, 0) is 28.7 Å². The maximum Gasteiger partial charge on any atom is 0.329 e. The lowest BCUT2D eigenvalue weighted by Gasteiger charge is -2.36. The van der Waals surface area contributed by atoms with Crippen LogP contribution in [0.15, 0.2) is 0 Å². The number of primary amides is 1. The topological polar surface area (TPSA) is 177 Å². The molecule has 0 radical (unpaired) electrons. The predicted molar refractivity (Wildman–Crippen MR) is 178 cm³/mol. The minimum absolute atomic E-state index is 0.166. The van der Waals surface area contributed by atoms with E-state index in [0.29, 0.717) is 25.7 Å². The first-order chi connectivity index (χ1) is 21.8. The molecule has 14 heteroatoms. The summed E-state index contributed by atoms with van der Waals surface area (Å²) >= 11 is 12.2. The normalized spacial score (nSPS) is 22.6. The molecule has 5 N–H and O–H groups in total. The van der Waals surface area contributed by atoms with Crippen molar-refractivity contribution in [3.63, 3.8) is 0 Å². The number of Topliss-reactive ketones (excluding diaryl/α,β-unsaturated/α-hetero) is 1. The number of alkyl halides is 2. The van der Waals surface area contributed by atoms with Crippen molar-refractivity contribution >= 4 is 58.7 Å². The number of nitrogens with zero attached hydrogens (tertiary/aromatic N) is 1. The average Bonchev–Trinajstić information content (AvgIpc) is 3.68. The quantitative estimate of drug-likeness (QED) is 0.128. The molecule has 1 aliphatic heterocycles. The van der Waals surface area contributed by atoms with E-state index < -0.39 is 75.5 Å². The van der Waals surface area contributed by atoms with Gasteiger partial charge in [0.25, 0.3) is 5.91 Å². The lowest BCUT2D eigenvalue weighted by molar-refractivity contribution is -0.160. The number of hydrogen-bond acceptors (Lipinski definition) is 7. The van der Waals surface area contributed by atoms with Crippen molar-refractivity contribution in [2.45, 2.75) is 140 Å². The zero-order valence-electron chi connectivity index (χ0n) is 28.5. The van der Waals surface area contributed by atoms with E-state index in [1.165, 1.54) is 4.90 Å². The molecule has 5 amide bonds. The summed E-state index contributed by atoms with van der Waals surface area (Å²) in [6, 6.07) is -4.76. The Bertz CT molecular complexity index is 1170. The minimum Gasteiger partial charge on any atom is -0.458 e. The van der Waals surface area contributed by atoms with Gasteiger partial charge in [0.1, 0.15) is 28.6 Å². The molecule has 0 aromatic heterocycles. The van der Waals surface area contributed by atoms with Crippen molar-refractivity contribution in [1.82, 2.24) is 20.9 Å². The molecule has 0 bridgehead atoms. The smallest absolute Gasteiger partial charge is 0.329 e. The van der Waals surface area contributed by atoms with Crippen molar-refractivity contribution in [3.05, 3.63) is 0 Å². The Morgan fingerprint density at radius 1 is 0.851 bits per heavy atom. The molecule has 0 aromatic carbocycles. The number of halogens is 2. The van der Waals surface area contributed by atoms with Gasteiger partial charge in [0.05, 0.1) is 6.04 Å². The molecule has 1 saturated heterocycles. The van der Waals surface area contributed by atoms with Crippen molar-refractivity contribution in [2.75, 3.05) is 6.54 Å². The highest BCUT2D eigenvalue weighted by atomic mass is 35.5. The molecule has 3 rings (SSSR count). The fraction of sp³-hybridized carbons (Fsp3) is 0.818. The van der Waals surface area contributed by atoms with Gasteiger partial charge >= 0.3 is 12.0 Å². The Kier molecular flexibility index (Phi) is 13.4. The van der Waals surface area contributed by atoms with E-state index in [2.05, 4.69) is 16.0 Å². The molecule has 0 aromatic rings. The maximum absolute atomic E-state index is 14.5. The zero-order valence-corrected chi connectivity index (χ0v) is 30.0. The molecular formula is C33H53Cl2N5O7. The second-order valence-electron chi connectivity index (χ2n) is 15.5. The summed E-state index contributed by atoms with van der Waals surface area (Å²) in [6.45, 7) is 10.8. The van der Waals surface area contributed by atoms with Gasteiger partial charge < -0.3 is 31.3 Å². The maximum atomic E-state index is 14.5. The summed E-state index contributed by atoms with van der Waals surface area (Å²) in [5.74, 6) is -3.84. The highest BCUT2D eigenvalue weighted by Crippen LogP contribution is 2.35. The number of nitrogens with one attached hydrogen (secondary N) is 3. The molecule has 2 saturated carbocycles. The van der Waals surface area contributed by atoms with Crippen molar-refractivity contribution in [2.24, 2.45) is 28.9 Å². The summed E-state index contributed by atoms with van der Waals surface area (Å²) in [5.41, 5.74) is 3.81. The number of hydrogen-bond donors (Lipinski definition) is 4. The van der Waals surface area contributed by atoms with E-state index in [9.17, 15) is 28.8 Å². The molecule has 47 heavy (non-hydrogen) atoms.